The van der Waals surface area contributed by atoms with Gasteiger partial charge in [0.15, 0.2) is 0 Å². The number of amides is 1. The number of hydrogen-bond donors (Lipinski definition) is 1. The van der Waals surface area contributed by atoms with Crippen LogP contribution in [-0.2, 0) is 0 Å². The zero-order valence-electron chi connectivity index (χ0n) is 11.0. The first kappa shape index (κ1) is 15.0. The van der Waals surface area contributed by atoms with Gasteiger partial charge in [0.25, 0.3) is 5.91 Å². The van der Waals surface area contributed by atoms with Crippen molar-refractivity contribution in [3.8, 4) is 0 Å². The molecule has 0 spiro atoms. The van der Waals surface area contributed by atoms with E-state index in [1.165, 1.54) is 0 Å². The van der Waals surface area contributed by atoms with E-state index in [9.17, 15) is 4.79 Å². The molecule has 1 amide bonds. The molecule has 19 heavy (non-hydrogen) atoms. The Labute approximate surface area is 131 Å². The van der Waals surface area contributed by atoms with Gasteiger partial charge < -0.3 is 10.2 Å². The number of nitrogens with one attached hydrogen (secondary N) is 1. The lowest BCUT2D eigenvalue weighted by Gasteiger charge is -2.28. The van der Waals surface area contributed by atoms with E-state index in [0.717, 1.165) is 41.4 Å². The average Bonchev–Trinajstić information content (AvgIpc) is 2.37. The first-order valence-corrected chi connectivity index (χ1v) is 8.06. The predicted octanol–water partition coefficient (Wildman–Crippen LogP) is 3.28. The number of hydrogen-bond acceptors (Lipinski definition) is 2. The molecule has 5 heteroatoms. The molecule has 1 fully saturated rings. The highest BCUT2D eigenvalue weighted by Crippen LogP contribution is 2.22. The number of halogens is 2. The van der Waals surface area contributed by atoms with E-state index >= 15 is 0 Å². The van der Waals surface area contributed by atoms with Crippen molar-refractivity contribution in [3.05, 3.63) is 32.7 Å². The summed E-state index contributed by atoms with van der Waals surface area (Å²) in [6.45, 7) is 3.03. The number of likely N-dealkylation sites (tertiary alicyclic amines) is 1. The van der Waals surface area contributed by atoms with Crippen molar-refractivity contribution in [1.82, 2.24) is 10.2 Å². The Kier molecular flexibility index (Phi) is 5.42. The van der Waals surface area contributed by atoms with Crippen molar-refractivity contribution in [2.45, 2.75) is 12.8 Å². The van der Waals surface area contributed by atoms with Crippen LogP contribution in [0, 0.1) is 5.92 Å². The van der Waals surface area contributed by atoms with Gasteiger partial charge in [0.1, 0.15) is 0 Å². The van der Waals surface area contributed by atoms with Gasteiger partial charge in [-0.1, -0.05) is 15.9 Å². The maximum atomic E-state index is 12.1. The molecule has 1 aliphatic rings. The number of nitrogens with zero attached hydrogens (tertiary/aromatic N) is 1. The number of carbonyl (C=O) groups excluding carboxylic acids is 1. The Balaban J connectivity index is 1.87. The molecule has 1 aromatic rings. The van der Waals surface area contributed by atoms with Gasteiger partial charge in [0, 0.05) is 15.5 Å². The van der Waals surface area contributed by atoms with Crippen molar-refractivity contribution in [2.75, 3.05) is 26.7 Å². The highest BCUT2D eigenvalue weighted by Gasteiger charge is 2.18. The zero-order valence-corrected chi connectivity index (χ0v) is 14.1. The lowest BCUT2D eigenvalue weighted by molar-refractivity contribution is 0.0938. The number of carbonyl (C=O) groups is 1. The molecule has 0 unspecified atom stereocenters. The van der Waals surface area contributed by atoms with Crippen LogP contribution in [-0.4, -0.2) is 37.5 Å². The van der Waals surface area contributed by atoms with E-state index in [2.05, 4.69) is 49.1 Å². The van der Waals surface area contributed by atoms with Crippen molar-refractivity contribution < 1.29 is 4.79 Å². The zero-order chi connectivity index (χ0) is 13.8. The third kappa shape index (κ3) is 4.29. The second-order valence-corrected chi connectivity index (χ2v) is 6.85. The molecule has 1 saturated heterocycles. The fraction of sp³-hybridized carbons (Fsp3) is 0.500. The van der Waals surface area contributed by atoms with Gasteiger partial charge in [0.2, 0.25) is 0 Å². The molecule has 0 aliphatic carbocycles. The normalized spacial score (nSPS) is 17.4. The third-order valence-electron chi connectivity index (χ3n) is 3.57. The molecule has 3 nitrogen and oxygen atoms in total. The molecule has 0 atom stereocenters. The summed E-state index contributed by atoms with van der Waals surface area (Å²) in [4.78, 5) is 14.5. The Morgan fingerprint density at radius 3 is 2.68 bits per heavy atom. The molecular formula is C14H18Br2N2O. The summed E-state index contributed by atoms with van der Waals surface area (Å²) in [6, 6.07) is 5.61. The molecular weight excluding hydrogens is 372 g/mol. The van der Waals surface area contributed by atoms with Crippen LogP contribution >= 0.6 is 31.9 Å². The second-order valence-electron chi connectivity index (χ2n) is 5.08. The fourth-order valence-corrected chi connectivity index (χ4v) is 3.50. The Hall–Kier alpha value is -0.390. The van der Waals surface area contributed by atoms with E-state index in [1.807, 2.05) is 18.2 Å². The molecule has 1 aromatic carbocycles. The number of benzene rings is 1. The third-order valence-corrected chi connectivity index (χ3v) is 4.71. The van der Waals surface area contributed by atoms with Gasteiger partial charge in [0.05, 0.1) is 5.56 Å². The summed E-state index contributed by atoms with van der Waals surface area (Å²) in [6.07, 6.45) is 2.33. The molecule has 1 aliphatic heterocycles. The van der Waals surface area contributed by atoms with Gasteiger partial charge in [-0.25, -0.2) is 0 Å². The minimum atomic E-state index is -0.00157. The minimum Gasteiger partial charge on any atom is -0.352 e. The molecule has 0 radical (unpaired) electrons. The lowest BCUT2D eigenvalue weighted by atomic mass is 9.97. The summed E-state index contributed by atoms with van der Waals surface area (Å²) in [5, 5.41) is 3.04. The van der Waals surface area contributed by atoms with Gasteiger partial charge in [-0.2, -0.15) is 0 Å². The van der Waals surface area contributed by atoms with E-state index in [0.29, 0.717) is 11.5 Å². The Morgan fingerprint density at radius 1 is 1.37 bits per heavy atom. The van der Waals surface area contributed by atoms with Crippen LogP contribution < -0.4 is 5.32 Å². The van der Waals surface area contributed by atoms with Gasteiger partial charge >= 0.3 is 0 Å². The molecule has 0 saturated carbocycles. The topological polar surface area (TPSA) is 32.3 Å². The maximum absolute atomic E-state index is 12.1. The van der Waals surface area contributed by atoms with Crippen LogP contribution in [0.3, 0.4) is 0 Å². The lowest BCUT2D eigenvalue weighted by Crippen LogP contribution is -2.36. The number of piperidine rings is 1. The predicted molar refractivity (Wildman–Crippen MR) is 84.4 cm³/mol. The maximum Gasteiger partial charge on any atom is 0.252 e. The molecule has 0 aromatic heterocycles. The van der Waals surface area contributed by atoms with Crippen LogP contribution in [0.25, 0.3) is 0 Å². The van der Waals surface area contributed by atoms with E-state index in [4.69, 9.17) is 0 Å². The smallest absolute Gasteiger partial charge is 0.252 e. The van der Waals surface area contributed by atoms with Crippen LogP contribution in [0.5, 0.6) is 0 Å². The van der Waals surface area contributed by atoms with Gasteiger partial charge in [-0.05, 0) is 73.0 Å². The van der Waals surface area contributed by atoms with E-state index in [1.54, 1.807) is 0 Å². The second kappa shape index (κ2) is 6.86. The highest BCUT2D eigenvalue weighted by molar-refractivity contribution is 9.11. The molecule has 0 bridgehead atoms. The van der Waals surface area contributed by atoms with Crippen molar-refractivity contribution in [1.29, 1.82) is 0 Å². The van der Waals surface area contributed by atoms with Crippen molar-refractivity contribution >= 4 is 37.8 Å². The van der Waals surface area contributed by atoms with Crippen LogP contribution in [0.1, 0.15) is 23.2 Å². The van der Waals surface area contributed by atoms with E-state index in [-0.39, 0.29) is 5.91 Å². The first-order valence-electron chi connectivity index (χ1n) is 6.48. The summed E-state index contributed by atoms with van der Waals surface area (Å²) in [5.74, 6) is 0.604. The minimum absolute atomic E-state index is 0.00157. The summed E-state index contributed by atoms with van der Waals surface area (Å²) < 4.78 is 1.79. The monoisotopic (exact) mass is 388 g/mol. The standard InChI is InChI=1S/C14H18Br2N2O/c1-18-6-4-10(5-7-18)9-17-14(19)12-3-2-11(15)8-13(12)16/h2-3,8,10H,4-7,9H2,1H3,(H,17,19). The summed E-state index contributed by atoms with van der Waals surface area (Å²) >= 11 is 6.81. The van der Waals surface area contributed by atoms with Crippen LogP contribution in [0.15, 0.2) is 27.1 Å². The summed E-state index contributed by atoms with van der Waals surface area (Å²) in [7, 11) is 2.15. The average molecular weight is 390 g/mol. The molecule has 1 N–H and O–H groups in total. The summed E-state index contributed by atoms with van der Waals surface area (Å²) in [5.41, 5.74) is 0.691. The fourth-order valence-electron chi connectivity index (χ4n) is 2.27. The highest BCUT2D eigenvalue weighted by atomic mass is 79.9. The van der Waals surface area contributed by atoms with Gasteiger partial charge in [-0.3, -0.25) is 4.79 Å². The first-order chi connectivity index (χ1) is 9.06. The number of rotatable bonds is 3. The van der Waals surface area contributed by atoms with Crippen LogP contribution in [0.2, 0.25) is 0 Å². The van der Waals surface area contributed by atoms with Gasteiger partial charge in [-0.15, -0.1) is 0 Å². The van der Waals surface area contributed by atoms with E-state index < -0.39 is 0 Å². The Morgan fingerprint density at radius 2 is 2.05 bits per heavy atom. The van der Waals surface area contributed by atoms with Crippen molar-refractivity contribution in [3.63, 3.8) is 0 Å². The molecule has 104 valence electrons. The van der Waals surface area contributed by atoms with Crippen molar-refractivity contribution in [2.24, 2.45) is 5.92 Å². The largest absolute Gasteiger partial charge is 0.352 e. The molecule has 2 rings (SSSR count). The quantitative estimate of drug-likeness (QED) is 0.860. The molecule has 1 heterocycles. The SMILES string of the molecule is CN1CCC(CNC(=O)c2ccc(Br)cc2Br)CC1. The van der Waals surface area contributed by atoms with Crippen LogP contribution in [0.4, 0.5) is 0 Å². The Bertz CT molecular complexity index is 457.